The molecule has 0 spiro atoms. The topological polar surface area (TPSA) is 94.5 Å². The summed E-state index contributed by atoms with van der Waals surface area (Å²) in [7, 11) is 7.46. The highest BCUT2D eigenvalue weighted by Gasteiger charge is 2.45. The highest BCUT2D eigenvalue weighted by atomic mass is 16.5. The van der Waals surface area contributed by atoms with Gasteiger partial charge in [-0.05, 0) is 23.8 Å². The predicted octanol–water partition coefficient (Wildman–Crippen LogP) is 2.72. The zero-order valence-corrected chi connectivity index (χ0v) is 16.9. The number of ether oxygens (including phenoxy) is 4. The quantitative estimate of drug-likeness (QED) is 0.795. The largest absolute Gasteiger partial charge is 0.493 e. The first kappa shape index (κ1) is 20.3. The summed E-state index contributed by atoms with van der Waals surface area (Å²) in [6, 6.07) is 7.44. The molecular weight excluding hydrogens is 378 g/mol. The van der Waals surface area contributed by atoms with Gasteiger partial charge in [0.15, 0.2) is 23.0 Å². The first-order valence-corrected chi connectivity index (χ1v) is 8.86. The standard InChI is InChI=1S/C21H23NO7/c1-22-18(11-7-6-8-14(26-2)19(11)29-5)17(21(24)25)12-9-15(27-3)16(28-4)10-13(12)20(22)23/h6-10,17-18H,1-5H3,(H,24,25)/t17-,18+/m1/s1. The SMILES string of the molecule is COc1cc2c(cc1OC)[C@@H](C(=O)O)[C@H](c1cccc(OC)c1OC)N(C)C2=O. The fourth-order valence-corrected chi connectivity index (χ4v) is 3.85. The van der Waals surface area contributed by atoms with Gasteiger partial charge in [-0.25, -0.2) is 0 Å². The minimum atomic E-state index is -1.08. The Balaban J connectivity index is 2.29. The normalized spacial score (nSPS) is 18.1. The molecule has 0 radical (unpaired) electrons. The van der Waals surface area contributed by atoms with Crippen LogP contribution in [0, 0.1) is 0 Å². The number of carboxylic acid groups (broad SMARTS) is 1. The van der Waals surface area contributed by atoms with Gasteiger partial charge in [-0.15, -0.1) is 0 Å². The van der Waals surface area contributed by atoms with Gasteiger partial charge in [0.1, 0.15) is 5.92 Å². The molecule has 1 N–H and O–H groups in total. The van der Waals surface area contributed by atoms with Gasteiger partial charge in [-0.2, -0.15) is 0 Å². The Bertz CT molecular complexity index is 956. The van der Waals surface area contributed by atoms with E-state index in [2.05, 4.69) is 0 Å². The number of nitrogens with zero attached hydrogens (tertiary/aromatic N) is 1. The van der Waals surface area contributed by atoms with E-state index in [1.807, 2.05) is 0 Å². The average molecular weight is 401 g/mol. The van der Waals surface area contributed by atoms with E-state index in [9.17, 15) is 14.7 Å². The smallest absolute Gasteiger partial charge is 0.313 e. The maximum absolute atomic E-state index is 13.2. The number of carbonyl (C=O) groups is 2. The maximum Gasteiger partial charge on any atom is 0.313 e. The third-order valence-corrected chi connectivity index (χ3v) is 5.19. The lowest BCUT2D eigenvalue weighted by molar-refractivity contribution is -0.140. The second-order valence-electron chi connectivity index (χ2n) is 6.55. The van der Waals surface area contributed by atoms with E-state index in [4.69, 9.17) is 18.9 Å². The molecule has 0 unspecified atom stereocenters. The molecule has 2 aromatic rings. The molecule has 3 rings (SSSR count). The van der Waals surface area contributed by atoms with E-state index in [0.29, 0.717) is 34.1 Å². The maximum atomic E-state index is 13.2. The van der Waals surface area contributed by atoms with Gasteiger partial charge in [0.05, 0.1) is 34.5 Å². The first-order valence-electron chi connectivity index (χ1n) is 8.86. The van der Waals surface area contributed by atoms with Crippen molar-refractivity contribution in [2.24, 2.45) is 0 Å². The Labute approximate surface area is 168 Å². The molecule has 0 saturated heterocycles. The lowest BCUT2D eigenvalue weighted by Crippen LogP contribution is -2.42. The van der Waals surface area contributed by atoms with Gasteiger partial charge < -0.3 is 29.0 Å². The van der Waals surface area contributed by atoms with Crippen molar-refractivity contribution in [3.05, 3.63) is 47.0 Å². The van der Waals surface area contributed by atoms with Gasteiger partial charge in [-0.3, -0.25) is 9.59 Å². The number of aliphatic carboxylic acids is 1. The van der Waals surface area contributed by atoms with Crippen LogP contribution in [0.3, 0.4) is 0 Å². The molecule has 1 aliphatic rings. The summed E-state index contributed by atoms with van der Waals surface area (Å²) in [5, 5.41) is 10.1. The van der Waals surface area contributed by atoms with E-state index >= 15 is 0 Å². The van der Waals surface area contributed by atoms with Crippen molar-refractivity contribution in [2.45, 2.75) is 12.0 Å². The third kappa shape index (κ3) is 3.20. The van der Waals surface area contributed by atoms with Crippen molar-refractivity contribution >= 4 is 11.9 Å². The van der Waals surface area contributed by atoms with Gasteiger partial charge in [0.25, 0.3) is 5.91 Å². The summed E-state index contributed by atoms with van der Waals surface area (Å²) in [5.41, 5.74) is 1.15. The molecule has 29 heavy (non-hydrogen) atoms. The molecule has 1 aliphatic heterocycles. The van der Waals surface area contributed by atoms with E-state index in [1.54, 1.807) is 31.3 Å². The van der Waals surface area contributed by atoms with E-state index in [1.165, 1.54) is 39.4 Å². The monoisotopic (exact) mass is 401 g/mol. The number of carboxylic acids is 1. The van der Waals surface area contributed by atoms with Gasteiger partial charge >= 0.3 is 5.97 Å². The van der Waals surface area contributed by atoms with E-state index < -0.39 is 17.9 Å². The fourth-order valence-electron chi connectivity index (χ4n) is 3.85. The molecule has 1 amide bonds. The van der Waals surface area contributed by atoms with Crippen LogP contribution >= 0.6 is 0 Å². The molecule has 0 bridgehead atoms. The van der Waals surface area contributed by atoms with Crippen LogP contribution in [-0.2, 0) is 4.79 Å². The number of fused-ring (bicyclic) bond motifs is 1. The number of likely N-dealkylation sites (N-methyl/N-ethyl adjacent to an activating group) is 1. The Hall–Kier alpha value is -3.42. The number of hydrogen-bond donors (Lipinski definition) is 1. The molecule has 8 heteroatoms. The summed E-state index contributed by atoms with van der Waals surface area (Å²) < 4.78 is 21.5. The number of carbonyl (C=O) groups excluding carboxylic acids is 1. The zero-order valence-electron chi connectivity index (χ0n) is 16.9. The summed E-state index contributed by atoms with van der Waals surface area (Å²) in [6.45, 7) is 0. The van der Waals surface area contributed by atoms with Crippen LogP contribution in [0.15, 0.2) is 30.3 Å². The number of rotatable bonds is 6. The predicted molar refractivity (Wildman–Crippen MR) is 104 cm³/mol. The third-order valence-electron chi connectivity index (χ3n) is 5.19. The van der Waals surface area contributed by atoms with Crippen LogP contribution in [0.5, 0.6) is 23.0 Å². The molecule has 1 heterocycles. The number of methoxy groups -OCH3 is 4. The zero-order chi connectivity index (χ0) is 21.3. The van der Waals surface area contributed by atoms with Gasteiger partial charge in [0, 0.05) is 18.2 Å². The Morgan fingerprint density at radius 3 is 2.10 bits per heavy atom. The second kappa shape index (κ2) is 7.90. The van der Waals surface area contributed by atoms with E-state index in [-0.39, 0.29) is 11.5 Å². The molecule has 0 fully saturated rings. The molecule has 2 aromatic carbocycles. The Kier molecular flexibility index (Phi) is 5.54. The highest BCUT2D eigenvalue weighted by molar-refractivity contribution is 6.01. The van der Waals surface area contributed by atoms with E-state index in [0.717, 1.165) is 0 Å². The Morgan fingerprint density at radius 1 is 0.931 bits per heavy atom. The van der Waals surface area contributed by atoms with Crippen LogP contribution < -0.4 is 18.9 Å². The van der Waals surface area contributed by atoms with Crippen molar-refractivity contribution in [3.63, 3.8) is 0 Å². The van der Waals surface area contributed by atoms with Gasteiger partial charge in [-0.1, -0.05) is 12.1 Å². The van der Waals surface area contributed by atoms with Crippen molar-refractivity contribution in [1.29, 1.82) is 0 Å². The number of para-hydroxylation sites is 1. The van der Waals surface area contributed by atoms with Crippen molar-refractivity contribution in [2.75, 3.05) is 35.5 Å². The number of benzene rings is 2. The lowest BCUT2D eigenvalue weighted by atomic mass is 9.79. The minimum Gasteiger partial charge on any atom is -0.493 e. The highest BCUT2D eigenvalue weighted by Crippen LogP contribution is 2.48. The summed E-state index contributed by atoms with van der Waals surface area (Å²) in [5.74, 6) is -0.904. The van der Waals surface area contributed by atoms with Crippen LogP contribution in [0.4, 0.5) is 0 Å². The molecular formula is C21H23NO7. The van der Waals surface area contributed by atoms with Crippen LogP contribution in [0.2, 0.25) is 0 Å². The van der Waals surface area contributed by atoms with Crippen molar-refractivity contribution in [3.8, 4) is 23.0 Å². The molecule has 0 aliphatic carbocycles. The molecule has 0 saturated carbocycles. The van der Waals surface area contributed by atoms with Crippen LogP contribution in [-0.4, -0.2) is 57.4 Å². The van der Waals surface area contributed by atoms with Gasteiger partial charge in [0.2, 0.25) is 0 Å². The molecule has 154 valence electrons. The minimum absolute atomic E-state index is 0.260. The Morgan fingerprint density at radius 2 is 1.55 bits per heavy atom. The first-order chi connectivity index (χ1) is 13.9. The fraction of sp³-hybridized carbons (Fsp3) is 0.333. The average Bonchev–Trinajstić information content (AvgIpc) is 2.74. The van der Waals surface area contributed by atoms with Crippen LogP contribution in [0.25, 0.3) is 0 Å². The molecule has 0 aromatic heterocycles. The second-order valence-corrected chi connectivity index (χ2v) is 6.55. The summed E-state index contributed by atoms with van der Waals surface area (Å²) in [6.07, 6.45) is 0. The summed E-state index contributed by atoms with van der Waals surface area (Å²) in [4.78, 5) is 26.9. The van der Waals surface area contributed by atoms with Crippen molar-refractivity contribution < 1.29 is 33.6 Å². The number of amides is 1. The van der Waals surface area contributed by atoms with Crippen molar-refractivity contribution in [1.82, 2.24) is 4.90 Å². The number of hydrogen-bond acceptors (Lipinski definition) is 6. The van der Waals surface area contributed by atoms with Crippen LogP contribution in [0.1, 0.15) is 33.4 Å². The summed E-state index contributed by atoms with van der Waals surface area (Å²) >= 11 is 0. The molecule has 8 nitrogen and oxygen atoms in total. The lowest BCUT2D eigenvalue weighted by Gasteiger charge is -2.39. The molecule has 2 atom stereocenters.